The van der Waals surface area contributed by atoms with E-state index in [2.05, 4.69) is 5.32 Å². The maximum atomic E-state index is 11.8. The molecular weight excluding hydrogens is 220 g/mol. The van der Waals surface area contributed by atoms with E-state index >= 15 is 0 Å². The molecule has 1 saturated carbocycles. The van der Waals surface area contributed by atoms with Gasteiger partial charge in [0.15, 0.2) is 0 Å². The summed E-state index contributed by atoms with van der Waals surface area (Å²) in [5, 5.41) is 3.06. The molecule has 0 radical (unpaired) electrons. The molecule has 0 unspecified atom stereocenters. The summed E-state index contributed by atoms with van der Waals surface area (Å²) < 4.78 is 0. The van der Waals surface area contributed by atoms with E-state index in [1.165, 1.54) is 6.42 Å². The van der Waals surface area contributed by atoms with E-state index < -0.39 is 5.54 Å². The van der Waals surface area contributed by atoms with Gasteiger partial charge in [-0.1, -0.05) is 45.3 Å². The van der Waals surface area contributed by atoms with Crippen LogP contribution in [0.15, 0.2) is 0 Å². The fourth-order valence-electron chi connectivity index (χ4n) is 2.28. The van der Waals surface area contributed by atoms with Gasteiger partial charge in [-0.25, -0.2) is 0 Å². The summed E-state index contributed by atoms with van der Waals surface area (Å²) in [5.74, 6) is 0.441. The lowest BCUT2D eigenvalue weighted by Gasteiger charge is -2.37. The summed E-state index contributed by atoms with van der Waals surface area (Å²) in [6, 6.07) is 0. The van der Waals surface area contributed by atoms with Gasteiger partial charge < -0.3 is 11.1 Å². The van der Waals surface area contributed by atoms with Crippen LogP contribution in [0.3, 0.4) is 0 Å². The van der Waals surface area contributed by atoms with Gasteiger partial charge in [-0.2, -0.15) is 0 Å². The Hall–Kier alpha value is -0.640. The highest BCUT2D eigenvalue weighted by molar-refractivity contribution is 7.80. The monoisotopic (exact) mass is 242 g/mol. The zero-order valence-corrected chi connectivity index (χ0v) is 11.0. The zero-order chi connectivity index (χ0) is 12.2. The Morgan fingerprint density at radius 3 is 2.38 bits per heavy atom. The Morgan fingerprint density at radius 2 is 1.94 bits per heavy atom. The number of carbonyl (C=O) groups excluding carboxylic acids is 1. The van der Waals surface area contributed by atoms with Crippen molar-refractivity contribution in [1.29, 1.82) is 0 Å². The molecule has 3 N–H and O–H groups in total. The Kier molecular flexibility index (Phi) is 4.71. The first kappa shape index (κ1) is 13.4. The van der Waals surface area contributed by atoms with E-state index in [4.69, 9.17) is 18.0 Å². The number of hydrogen-bond acceptors (Lipinski definition) is 2. The second-order valence-corrected chi connectivity index (χ2v) is 5.59. The van der Waals surface area contributed by atoms with Crippen LogP contribution in [-0.4, -0.2) is 16.4 Å². The average Bonchev–Trinajstić information content (AvgIpc) is 2.17. The molecule has 1 aliphatic rings. The molecule has 1 amide bonds. The molecule has 0 aromatic heterocycles. The summed E-state index contributed by atoms with van der Waals surface area (Å²) >= 11 is 5.12. The predicted molar refractivity (Wildman–Crippen MR) is 70.2 cm³/mol. The van der Waals surface area contributed by atoms with Crippen molar-refractivity contribution in [2.45, 2.75) is 57.9 Å². The van der Waals surface area contributed by atoms with Crippen LogP contribution >= 0.6 is 12.2 Å². The SMILES string of the molecule is CC(C)CC(=O)NC1(C(N)=S)CCCCC1. The molecular formula is C12H22N2OS. The van der Waals surface area contributed by atoms with Crippen molar-refractivity contribution in [3.8, 4) is 0 Å². The first-order valence-electron chi connectivity index (χ1n) is 6.07. The van der Waals surface area contributed by atoms with Crippen LogP contribution in [-0.2, 0) is 4.79 Å². The first-order chi connectivity index (χ1) is 7.46. The van der Waals surface area contributed by atoms with Gasteiger partial charge in [0.25, 0.3) is 0 Å². The number of nitrogens with two attached hydrogens (primary N) is 1. The average molecular weight is 242 g/mol. The molecule has 4 heteroatoms. The van der Waals surface area contributed by atoms with Crippen LogP contribution < -0.4 is 11.1 Å². The first-order valence-corrected chi connectivity index (χ1v) is 6.48. The Labute approximate surface area is 103 Å². The third kappa shape index (κ3) is 3.44. The van der Waals surface area contributed by atoms with Crippen LogP contribution in [0.4, 0.5) is 0 Å². The number of hydrogen-bond donors (Lipinski definition) is 2. The fraction of sp³-hybridized carbons (Fsp3) is 0.833. The highest BCUT2D eigenvalue weighted by Gasteiger charge is 2.36. The number of carbonyl (C=O) groups is 1. The molecule has 0 aromatic carbocycles. The molecule has 1 fully saturated rings. The molecule has 1 aliphatic carbocycles. The highest BCUT2D eigenvalue weighted by atomic mass is 32.1. The minimum absolute atomic E-state index is 0.0738. The van der Waals surface area contributed by atoms with E-state index in [1.54, 1.807) is 0 Å². The van der Waals surface area contributed by atoms with Crippen molar-refractivity contribution in [2.24, 2.45) is 11.7 Å². The third-order valence-corrected chi connectivity index (χ3v) is 3.54. The molecule has 3 nitrogen and oxygen atoms in total. The highest BCUT2D eigenvalue weighted by Crippen LogP contribution is 2.28. The number of rotatable bonds is 4. The van der Waals surface area contributed by atoms with Gasteiger partial charge in [-0.15, -0.1) is 0 Å². The van der Waals surface area contributed by atoms with E-state index in [-0.39, 0.29) is 5.91 Å². The van der Waals surface area contributed by atoms with Gasteiger partial charge in [0, 0.05) is 6.42 Å². The standard InChI is InChI=1S/C12H22N2OS/c1-9(2)8-10(15)14-12(11(13)16)6-4-3-5-7-12/h9H,3-8H2,1-2H3,(H2,13,16)(H,14,15). The quantitative estimate of drug-likeness (QED) is 0.743. The van der Waals surface area contributed by atoms with Crippen molar-refractivity contribution < 1.29 is 4.79 Å². The second-order valence-electron chi connectivity index (χ2n) is 5.15. The summed E-state index contributed by atoms with van der Waals surface area (Å²) in [6.07, 6.45) is 5.74. The second kappa shape index (κ2) is 5.62. The van der Waals surface area contributed by atoms with Crippen molar-refractivity contribution >= 4 is 23.1 Å². The van der Waals surface area contributed by atoms with Crippen LogP contribution in [0, 0.1) is 5.92 Å². The molecule has 0 atom stereocenters. The smallest absolute Gasteiger partial charge is 0.221 e. The summed E-state index contributed by atoms with van der Waals surface area (Å²) in [4.78, 5) is 12.3. The number of thiocarbonyl (C=S) groups is 1. The molecule has 0 spiro atoms. The van der Waals surface area contributed by atoms with Crippen LogP contribution in [0.1, 0.15) is 52.4 Å². The lowest BCUT2D eigenvalue weighted by Crippen LogP contribution is -2.57. The maximum Gasteiger partial charge on any atom is 0.221 e. The van der Waals surface area contributed by atoms with E-state index in [1.807, 2.05) is 13.8 Å². The number of nitrogens with one attached hydrogen (secondary N) is 1. The van der Waals surface area contributed by atoms with Crippen molar-refractivity contribution in [1.82, 2.24) is 5.32 Å². The zero-order valence-electron chi connectivity index (χ0n) is 10.2. The van der Waals surface area contributed by atoms with Crippen LogP contribution in [0.25, 0.3) is 0 Å². The maximum absolute atomic E-state index is 11.8. The normalized spacial score (nSPS) is 19.4. The topological polar surface area (TPSA) is 55.1 Å². The minimum Gasteiger partial charge on any atom is -0.391 e. The van der Waals surface area contributed by atoms with Gasteiger partial charge in [0.2, 0.25) is 5.91 Å². The Balaban J connectivity index is 2.64. The van der Waals surface area contributed by atoms with Crippen LogP contribution in [0.5, 0.6) is 0 Å². The lowest BCUT2D eigenvalue weighted by molar-refractivity contribution is -0.123. The third-order valence-electron chi connectivity index (χ3n) is 3.15. The van der Waals surface area contributed by atoms with E-state index in [0.29, 0.717) is 17.3 Å². The summed E-state index contributed by atoms with van der Waals surface area (Å²) in [5.41, 5.74) is 5.39. The van der Waals surface area contributed by atoms with Crippen molar-refractivity contribution in [3.05, 3.63) is 0 Å². The molecule has 92 valence electrons. The molecule has 0 saturated heterocycles. The van der Waals surface area contributed by atoms with Gasteiger partial charge >= 0.3 is 0 Å². The van der Waals surface area contributed by atoms with Crippen LogP contribution in [0.2, 0.25) is 0 Å². The van der Waals surface area contributed by atoms with Crippen molar-refractivity contribution in [3.63, 3.8) is 0 Å². The van der Waals surface area contributed by atoms with Crippen molar-refractivity contribution in [2.75, 3.05) is 0 Å². The molecule has 0 bridgehead atoms. The molecule has 1 rings (SSSR count). The minimum atomic E-state index is -0.403. The molecule has 16 heavy (non-hydrogen) atoms. The summed E-state index contributed by atoms with van der Waals surface area (Å²) in [6.45, 7) is 4.07. The van der Waals surface area contributed by atoms with E-state index in [9.17, 15) is 4.79 Å². The predicted octanol–water partition coefficient (Wildman–Crippen LogP) is 2.14. The Bertz CT molecular complexity index is 270. The fourth-order valence-corrected chi connectivity index (χ4v) is 2.53. The molecule has 0 aliphatic heterocycles. The Morgan fingerprint density at radius 1 is 1.38 bits per heavy atom. The molecule has 0 aromatic rings. The van der Waals surface area contributed by atoms with Gasteiger partial charge in [0.1, 0.15) is 0 Å². The lowest BCUT2D eigenvalue weighted by atomic mass is 9.81. The summed E-state index contributed by atoms with van der Waals surface area (Å²) in [7, 11) is 0. The van der Waals surface area contributed by atoms with Gasteiger partial charge in [0.05, 0.1) is 10.5 Å². The largest absolute Gasteiger partial charge is 0.391 e. The van der Waals surface area contributed by atoms with Gasteiger partial charge in [-0.05, 0) is 18.8 Å². The molecule has 0 heterocycles. The van der Waals surface area contributed by atoms with Gasteiger partial charge in [-0.3, -0.25) is 4.79 Å². The van der Waals surface area contributed by atoms with E-state index in [0.717, 1.165) is 25.7 Å². The number of amides is 1.